The van der Waals surface area contributed by atoms with Crippen molar-refractivity contribution in [2.75, 3.05) is 0 Å². The number of amides is 1. The number of nitrogens with one attached hydrogen (secondary N) is 1. The van der Waals surface area contributed by atoms with E-state index in [0.717, 1.165) is 11.5 Å². The van der Waals surface area contributed by atoms with E-state index in [4.69, 9.17) is 4.42 Å². The Morgan fingerprint density at radius 2 is 2.44 bits per heavy atom. The van der Waals surface area contributed by atoms with E-state index in [1.54, 1.807) is 30.3 Å². The molecule has 0 bridgehead atoms. The lowest BCUT2D eigenvalue weighted by Crippen LogP contribution is -2.23. The molecule has 2 rings (SSSR count). The highest BCUT2D eigenvalue weighted by Crippen LogP contribution is 2.06. The lowest BCUT2D eigenvalue weighted by Gasteiger charge is -2.02. The topological polar surface area (TPSA) is 60.1 Å². The first-order chi connectivity index (χ1) is 7.68. The van der Waals surface area contributed by atoms with Crippen molar-refractivity contribution < 1.29 is 9.21 Å². The second kappa shape index (κ2) is 4.22. The highest BCUT2D eigenvalue weighted by molar-refractivity contribution is 5.94. The predicted molar refractivity (Wildman–Crippen MR) is 57.8 cm³/mol. The minimum absolute atomic E-state index is 0.137. The number of carbonyl (C=O) groups is 1. The van der Waals surface area contributed by atoms with Gasteiger partial charge >= 0.3 is 0 Å². The Kier molecular flexibility index (Phi) is 2.76. The minimum Gasteiger partial charge on any atom is -0.467 e. The zero-order chi connectivity index (χ0) is 11.5. The maximum absolute atomic E-state index is 11.8. The number of nitrogens with zero attached hydrogens (tertiary/aromatic N) is 2. The van der Waals surface area contributed by atoms with Gasteiger partial charge in [0, 0.05) is 12.7 Å². The van der Waals surface area contributed by atoms with Gasteiger partial charge in [0.25, 0.3) is 5.91 Å². The van der Waals surface area contributed by atoms with Crippen LogP contribution >= 0.6 is 0 Å². The first-order valence-electron chi connectivity index (χ1n) is 4.97. The van der Waals surface area contributed by atoms with Gasteiger partial charge in [-0.1, -0.05) is 0 Å². The Bertz CT molecular complexity index is 485. The van der Waals surface area contributed by atoms with Crippen molar-refractivity contribution in [2.24, 2.45) is 7.05 Å². The maximum Gasteiger partial charge on any atom is 0.255 e. The summed E-state index contributed by atoms with van der Waals surface area (Å²) < 4.78 is 6.79. The Hall–Kier alpha value is -2.04. The molecule has 16 heavy (non-hydrogen) atoms. The molecule has 1 N–H and O–H groups in total. The fourth-order valence-electron chi connectivity index (χ4n) is 1.40. The summed E-state index contributed by atoms with van der Waals surface area (Å²) in [7, 11) is 1.80. The highest BCUT2D eigenvalue weighted by Gasteiger charge is 2.12. The monoisotopic (exact) mass is 219 g/mol. The van der Waals surface area contributed by atoms with Crippen molar-refractivity contribution in [3.63, 3.8) is 0 Å². The van der Waals surface area contributed by atoms with E-state index in [1.165, 1.54) is 0 Å². The molecule has 0 aliphatic heterocycles. The third-order valence-corrected chi connectivity index (χ3v) is 2.48. The van der Waals surface area contributed by atoms with E-state index in [9.17, 15) is 4.79 Å². The van der Waals surface area contributed by atoms with Crippen LogP contribution in [0.4, 0.5) is 0 Å². The van der Waals surface area contributed by atoms with Crippen molar-refractivity contribution in [3.05, 3.63) is 41.6 Å². The third kappa shape index (κ3) is 1.98. The first-order valence-corrected chi connectivity index (χ1v) is 4.97. The summed E-state index contributed by atoms with van der Waals surface area (Å²) in [6, 6.07) is 3.60. The summed E-state index contributed by atoms with van der Waals surface area (Å²) in [4.78, 5) is 11.8. The Morgan fingerprint density at radius 3 is 3.00 bits per heavy atom. The summed E-state index contributed by atoms with van der Waals surface area (Å²) in [6.45, 7) is 2.25. The first kappa shape index (κ1) is 10.5. The van der Waals surface area contributed by atoms with Crippen LogP contribution in [-0.4, -0.2) is 15.7 Å². The van der Waals surface area contributed by atoms with Gasteiger partial charge in [-0.25, -0.2) is 0 Å². The molecule has 5 heteroatoms. The number of furan rings is 1. The molecule has 1 amide bonds. The molecule has 0 aliphatic carbocycles. The molecule has 2 heterocycles. The summed E-state index contributed by atoms with van der Waals surface area (Å²) in [6.07, 6.45) is 3.14. The molecule has 0 aromatic carbocycles. The lowest BCUT2D eigenvalue weighted by molar-refractivity contribution is 0.0947. The van der Waals surface area contributed by atoms with Gasteiger partial charge in [0.15, 0.2) is 0 Å². The number of carbonyl (C=O) groups excluding carboxylic acids is 1. The quantitative estimate of drug-likeness (QED) is 0.845. The third-order valence-electron chi connectivity index (χ3n) is 2.48. The molecule has 0 fully saturated rings. The summed E-state index contributed by atoms with van der Waals surface area (Å²) in [5.41, 5.74) is 1.44. The average molecular weight is 219 g/mol. The average Bonchev–Trinajstić information content (AvgIpc) is 2.88. The van der Waals surface area contributed by atoms with Gasteiger partial charge in [-0.2, -0.15) is 5.10 Å². The predicted octanol–water partition coefficient (Wildman–Crippen LogP) is 1.25. The molecular formula is C11H13N3O2. The zero-order valence-electron chi connectivity index (χ0n) is 9.23. The SMILES string of the molecule is Cc1c(C(=O)NCc2ccco2)cnn1C. The van der Waals surface area contributed by atoms with Crippen molar-refractivity contribution in [3.8, 4) is 0 Å². The normalized spacial score (nSPS) is 10.4. The Morgan fingerprint density at radius 1 is 1.62 bits per heavy atom. The Balaban J connectivity index is 2.01. The second-order valence-electron chi connectivity index (χ2n) is 3.53. The summed E-state index contributed by atoms with van der Waals surface area (Å²) in [5.74, 6) is 0.594. The van der Waals surface area contributed by atoms with Crippen LogP contribution in [0.1, 0.15) is 21.8 Å². The number of aromatic nitrogens is 2. The molecule has 5 nitrogen and oxygen atoms in total. The Labute approximate surface area is 93.1 Å². The minimum atomic E-state index is -0.137. The second-order valence-corrected chi connectivity index (χ2v) is 3.53. The number of hydrogen-bond acceptors (Lipinski definition) is 3. The van der Waals surface area contributed by atoms with Crippen LogP contribution in [0, 0.1) is 6.92 Å². The van der Waals surface area contributed by atoms with Crippen LogP contribution in [-0.2, 0) is 13.6 Å². The molecule has 0 unspecified atom stereocenters. The van der Waals surface area contributed by atoms with Crippen LogP contribution in [0.15, 0.2) is 29.0 Å². The largest absolute Gasteiger partial charge is 0.467 e. The molecule has 2 aromatic heterocycles. The number of aryl methyl sites for hydroxylation is 1. The molecule has 0 radical (unpaired) electrons. The van der Waals surface area contributed by atoms with Gasteiger partial charge in [-0.3, -0.25) is 9.48 Å². The van der Waals surface area contributed by atoms with Crippen molar-refractivity contribution in [2.45, 2.75) is 13.5 Å². The fourth-order valence-corrected chi connectivity index (χ4v) is 1.40. The van der Waals surface area contributed by atoms with Crippen molar-refractivity contribution in [1.82, 2.24) is 15.1 Å². The zero-order valence-corrected chi connectivity index (χ0v) is 9.23. The van der Waals surface area contributed by atoms with Gasteiger partial charge in [-0.05, 0) is 19.1 Å². The fraction of sp³-hybridized carbons (Fsp3) is 0.273. The van der Waals surface area contributed by atoms with Crippen LogP contribution in [0.2, 0.25) is 0 Å². The van der Waals surface area contributed by atoms with Crippen LogP contribution in [0.25, 0.3) is 0 Å². The van der Waals surface area contributed by atoms with Gasteiger partial charge in [-0.15, -0.1) is 0 Å². The standard InChI is InChI=1S/C11H13N3O2/c1-8-10(7-13-14(8)2)11(15)12-6-9-4-3-5-16-9/h3-5,7H,6H2,1-2H3,(H,12,15). The van der Waals surface area contributed by atoms with Gasteiger partial charge in [0.2, 0.25) is 0 Å². The lowest BCUT2D eigenvalue weighted by atomic mass is 10.2. The molecule has 84 valence electrons. The molecule has 2 aromatic rings. The van der Waals surface area contributed by atoms with E-state index in [2.05, 4.69) is 10.4 Å². The van der Waals surface area contributed by atoms with Gasteiger partial charge < -0.3 is 9.73 Å². The van der Waals surface area contributed by atoms with Crippen molar-refractivity contribution in [1.29, 1.82) is 0 Å². The summed E-state index contributed by atoms with van der Waals surface area (Å²) >= 11 is 0. The number of rotatable bonds is 3. The van der Waals surface area contributed by atoms with E-state index in [-0.39, 0.29) is 5.91 Å². The molecule has 0 aliphatic rings. The van der Waals surface area contributed by atoms with E-state index in [0.29, 0.717) is 12.1 Å². The van der Waals surface area contributed by atoms with Crippen LogP contribution in [0.5, 0.6) is 0 Å². The van der Waals surface area contributed by atoms with E-state index >= 15 is 0 Å². The molecular weight excluding hydrogens is 206 g/mol. The molecule has 0 spiro atoms. The number of hydrogen-bond donors (Lipinski definition) is 1. The van der Waals surface area contributed by atoms with Crippen LogP contribution in [0.3, 0.4) is 0 Å². The van der Waals surface area contributed by atoms with Gasteiger partial charge in [0.05, 0.1) is 24.6 Å². The van der Waals surface area contributed by atoms with E-state index in [1.807, 2.05) is 13.0 Å². The van der Waals surface area contributed by atoms with E-state index < -0.39 is 0 Å². The smallest absolute Gasteiger partial charge is 0.255 e. The maximum atomic E-state index is 11.8. The van der Waals surface area contributed by atoms with Crippen molar-refractivity contribution >= 4 is 5.91 Å². The molecule has 0 saturated carbocycles. The van der Waals surface area contributed by atoms with Crippen LogP contribution < -0.4 is 5.32 Å². The van der Waals surface area contributed by atoms with Gasteiger partial charge in [0.1, 0.15) is 5.76 Å². The highest BCUT2D eigenvalue weighted by atomic mass is 16.3. The molecule has 0 saturated heterocycles. The molecule has 0 atom stereocenters. The summed E-state index contributed by atoms with van der Waals surface area (Å²) in [5, 5.41) is 6.78.